The van der Waals surface area contributed by atoms with E-state index in [1.807, 2.05) is 36.1 Å². The molecule has 0 aromatic heterocycles. The van der Waals surface area contributed by atoms with Crippen LogP contribution in [-0.2, 0) is 4.79 Å². The molecule has 0 saturated carbocycles. The van der Waals surface area contributed by atoms with Gasteiger partial charge < -0.3 is 9.80 Å². The lowest BCUT2D eigenvalue weighted by atomic mass is 10.0. The normalized spacial score (nSPS) is 16.4. The van der Waals surface area contributed by atoms with Gasteiger partial charge in [0.2, 0.25) is 5.91 Å². The van der Waals surface area contributed by atoms with Crippen LogP contribution in [0.1, 0.15) is 19.8 Å². The SMILES string of the molecule is CCCC(C#N)C(=O)N1CCN(c2cccc(Cl)c2)CC1. The molecule has 4 nitrogen and oxygen atoms in total. The van der Waals surface area contributed by atoms with Gasteiger partial charge in [0.1, 0.15) is 5.92 Å². The summed E-state index contributed by atoms with van der Waals surface area (Å²) in [6.07, 6.45) is 1.50. The number of nitriles is 1. The molecular formula is C16H20ClN3O. The van der Waals surface area contributed by atoms with Crippen molar-refractivity contribution in [3.8, 4) is 6.07 Å². The van der Waals surface area contributed by atoms with Crippen LogP contribution in [0, 0.1) is 17.2 Å². The van der Waals surface area contributed by atoms with Crippen LogP contribution >= 0.6 is 11.6 Å². The van der Waals surface area contributed by atoms with Gasteiger partial charge in [0.15, 0.2) is 0 Å². The second-order valence-corrected chi connectivity index (χ2v) is 5.70. The van der Waals surface area contributed by atoms with Crippen LogP contribution in [0.5, 0.6) is 0 Å². The Morgan fingerprint density at radius 3 is 2.67 bits per heavy atom. The van der Waals surface area contributed by atoms with E-state index in [1.54, 1.807) is 0 Å². The Balaban J connectivity index is 1.94. The van der Waals surface area contributed by atoms with Gasteiger partial charge in [-0.3, -0.25) is 4.79 Å². The number of carbonyl (C=O) groups excluding carboxylic acids is 1. The van der Waals surface area contributed by atoms with Crippen molar-refractivity contribution in [2.24, 2.45) is 5.92 Å². The average molecular weight is 306 g/mol. The van der Waals surface area contributed by atoms with Crippen molar-refractivity contribution < 1.29 is 4.79 Å². The molecule has 1 heterocycles. The van der Waals surface area contributed by atoms with Gasteiger partial charge in [-0.25, -0.2) is 0 Å². The predicted molar refractivity (Wildman–Crippen MR) is 84.3 cm³/mol. The number of rotatable bonds is 4. The summed E-state index contributed by atoms with van der Waals surface area (Å²) >= 11 is 6.01. The largest absolute Gasteiger partial charge is 0.368 e. The predicted octanol–water partition coefficient (Wildman–Crippen LogP) is 2.93. The van der Waals surface area contributed by atoms with Gasteiger partial charge in [-0.1, -0.05) is 31.0 Å². The summed E-state index contributed by atoms with van der Waals surface area (Å²) in [6, 6.07) is 9.88. The molecule has 0 N–H and O–H groups in total. The number of amides is 1. The Hall–Kier alpha value is -1.73. The van der Waals surface area contributed by atoms with E-state index in [0.717, 1.165) is 30.2 Å². The zero-order chi connectivity index (χ0) is 15.2. The number of piperazine rings is 1. The number of benzene rings is 1. The smallest absolute Gasteiger partial charge is 0.240 e. The van der Waals surface area contributed by atoms with E-state index in [0.29, 0.717) is 19.5 Å². The fourth-order valence-electron chi connectivity index (χ4n) is 2.61. The maximum absolute atomic E-state index is 12.3. The maximum atomic E-state index is 12.3. The highest BCUT2D eigenvalue weighted by atomic mass is 35.5. The molecule has 1 unspecified atom stereocenters. The lowest BCUT2D eigenvalue weighted by Crippen LogP contribution is -2.50. The van der Waals surface area contributed by atoms with Crippen molar-refractivity contribution in [2.75, 3.05) is 31.1 Å². The number of carbonyl (C=O) groups is 1. The summed E-state index contributed by atoms with van der Waals surface area (Å²) in [5.41, 5.74) is 1.08. The minimum atomic E-state index is -0.493. The molecule has 1 aromatic rings. The third-order valence-corrected chi connectivity index (χ3v) is 4.03. The molecule has 1 amide bonds. The Morgan fingerprint density at radius 1 is 1.38 bits per heavy atom. The second kappa shape index (κ2) is 7.33. The molecule has 2 rings (SSSR count). The highest BCUT2D eigenvalue weighted by molar-refractivity contribution is 6.30. The van der Waals surface area contributed by atoms with Crippen molar-refractivity contribution in [2.45, 2.75) is 19.8 Å². The molecule has 1 atom stereocenters. The number of hydrogen-bond acceptors (Lipinski definition) is 3. The van der Waals surface area contributed by atoms with Gasteiger partial charge in [0, 0.05) is 36.9 Å². The Labute approximate surface area is 130 Å². The maximum Gasteiger partial charge on any atom is 0.240 e. The zero-order valence-electron chi connectivity index (χ0n) is 12.3. The summed E-state index contributed by atoms with van der Waals surface area (Å²) in [5, 5.41) is 9.82. The van der Waals surface area contributed by atoms with Crippen LogP contribution in [0.25, 0.3) is 0 Å². The Morgan fingerprint density at radius 2 is 2.10 bits per heavy atom. The summed E-state index contributed by atoms with van der Waals surface area (Å²) in [4.78, 5) is 16.3. The van der Waals surface area contributed by atoms with Crippen molar-refractivity contribution in [1.82, 2.24) is 4.90 Å². The van der Waals surface area contributed by atoms with Gasteiger partial charge in [-0.2, -0.15) is 5.26 Å². The van der Waals surface area contributed by atoms with E-state index in [2.05, 4.69) is 11.0 Å². The molecule has 112 valence electrons. The number of hydrogen-bond donors (Lipinski definition) is 0. The molecule has 0 bridgehead atoms. The highest BCUT2D eigenvalue weighted by Crippen LogP contribution is 2.21. The topological polar surface area (TPSA) is 47.3 Å². The van der Waals surface area contributed by atoms with Gasteiger partial charge in [0.05, 0.1) is 6.07 Å². The van der Waals surface area contributed by atoms with E-state index in [1.165, 1.54) is 0 Å². The van der Waals surface area contributed by atoms with Crippen LogP contribution in [0.3, 0.4) is 0 Å². The van der Waals surface area contributed by atoms with Gasteiger partial charge in [0.25, 0.3) is 0 Å². The van der Waals surface area contributed by atoms with Gasteiger partial charge in [-0.05, 0) is 24.6 Å². The third kappa shape index (κ3) is 3.89. The first-order valence-corrected chi connectivity index (χ1v) is 7.72. The van der Waals surface area contributed by atoms with E-state index in [4.69, 9.17) is 16.9 Å². The molecular weight excluding hydrogens is 286 g/mol. The number of nitrogens with zero attached hydrogens (tertiary/aromatic N) is 3. The van der Waals surface area contributed by atoms with E-state index >= 15 is 0 Å². The first-order valence-electron chi connectivity index (χ1n) is 7.34. The van der Waals surface area contributed by atoms with Crippen molar-refractivity contribution in [3.05, 3.63) is 29.3 Å². The summed E-state index contributed by atoms with van der Waals surface area (Å²) in [5.74, 6) is -0.516. The second-order valence-electron chi connectivity index (χ2n) is 5.26. The van der Waals surface area contributed by atoms with Crippen LogP contribution in [0.2, 0.25) is 5.02 Å². The number of halogens is 1. The molecule has 1 saturated heterocycles. The molecule has 0 aliphatic carbocycles. The minimum Gasteiger partial charge on any atom is -0.368 e. The first kappa shape index (κ1) is 15.7. The molecule has 1 aliphatic rings. The van der Waals surface area contributed by atoms with Crippen LogP contribution in [0.4, 0.5) is 5.69 Å². The van der Waals surface area contributed by atoms with Crippen molar-refractivity contribution >= 4 is 23.2 Å². The molecule has 1 aromatic carbocycles. The van der Waals surface area contributed by atoms with Crippen LogP contribution in [0.15, 0.2) is 24.3 Å². The van der Waals surface area contributed by atoms with E-state index in [9.17, 15) is 4.79 Å². The minimum absolute atomic E-state index is 0.0231. The van der Waals surface area contributed by atoms with Crippen molar-refractivity contribution in [1.29, 1.82) is 5.26 Å². The molecule has 1 fully saturated rings. The van der Waals surface area contributed by atoms with Crippen LogP contribution in [-0.4, -0.2) is 37.0 Å². The Bertz CT molecular complexity index is 533. The third-order valence-electron chi connectivity index (χ3n) is 3.80. The first-order chi connectivity index (χ1) is 10.2. The quantitative estimate of drug-likeness (QED) is 0.859. The molecule has 21 heavy (non-hydrogen) atoms. The van der Waals surface area contributed by atoms with Crippen LogP contribution < -0.4 is 4.90 Å². The summed E-state index contributed by atoms with van der Waals surface area (Å²) in [6.45, 7) is 4.86. The Kier molecular flexibility index (Phi) is 5.46. The van der Waals surface area contributed by atoms with E-state index in [-0.39, 0.29) is 5.91 Å². The summed E-state index contributed by atoms with van der Waals surface area (Å²) in [7, 11) is 0. The lowest BCUT2D eigenvalue weighted by molar-refractivity contribution is -0.134. The fourth-order valence-corrected chi connectivity index (χ4v) is 2.79. The zero-order valence-corrected chi connectivity index (χ0v) is 13.0. The van der Waals surface area contributed by atoms with Gasteiger partial charge >= 0.3 is 0 Å². The summed E-state index contributed by atoms with van der Waals surface area (Å²) < 4.78 is 0. The lowest BCUT2D eigenvalue weighted by Gasteiger charge is -2.36. The molecule has 1 aliphatic heterocycles. The molecule has 5 heteroatoms. The van der Waals surface area contributed by atoms with Crippen molar-refractivity contribution in [3.63, 3.8) is 0 Å². The number of anilines is 1. The fraction of sp³-hybridized carbons (Fsp3) is 0.500. The average Bonchev–Trinajstić information content (AvgIpc) is 2.52. The monoisotopic (exact) mass is 305 g/mol. The molecule has 0 radical (unpaired) electrons. The van der Waals surface area contributed by atoms with E-state index < -0.39 is 5.92 Å². The standard InChI is InChI=1S/C16H20ClN3O/c1-2-4-13(12-18)16(21)20-9-7-19(8-10-20)15-6-3-5-14(17)11-15/h3,5-6,11,13H,2,4,7-10H2,1H3. The van der Waals surface area contributed by atoms with Gasteiger partial charge in [-0.15, -0.1) is 0 Å². The highest BCUT2D eigenvalue weighted by Gasteiger charge is 2.26. The molecule has 0 spiro atoms.